The van der Waals surface area contributed by atoms with Crippen molar-refractivity contribution in [1.29, 1.82) is 0 Å². The van der Waals surface area contributed by atoms with Gasteiger partial charge in [-0.15, -0.1) is 0 Å². The fourth-order valence-corrected chi connectivity index (χ4v) is 3.56. The number of hydrogen-bond acceptors (Lipinski definition) is 4. The van der Waals surface area contributed by atoms with Crippen molar-refractivity contribution >= 4 is 11.6 Å². The van der Waals surface area contributed by atoms with Crippen molar-refractivity contribution in [2.75, 3.05) is 0 Å². The zero-order valence-corrected chi connectivity index (χ0v) is 16.4. The Bertz CT molecular complexity index is 754. The van der Waals surface area contributed by atoms with Gasteiger partial charge in [0.1, 0.15) is 0 Å². The van der Waals surface area contributed by atoms with Crippen LogP contribution in [0.3, 0.4) is 0 Å². The Hall–Kier alpha value is -1.40. The van der Waals surface area contributed by atoms with Crippen LogP contribution in [0.15, 0.2) is 30.5 Å². The number of hydrogen-bond donors (Lipinski definition) is 3. The zero-order valence-electron chi connectivity index (χ0n) is 15.6. The van der Waals surface area contributed by atoms with Crippen molar-refractivity contribution in [2.24, 2.45) is 0 Å². The van der Waals surface area contributed by atoms with Crippen LogP contribution in [-0.4, -0.2) is 38.2 Å². The molecular formula is C20H28ClN3O2. The first-order valence-electron chi connectivity index (χ1n) is 9.19. The van der Waals surface area contributed by atoms with Gasteiger partial charge in [0.2, 0.25) is 0 Å². The fourth-order valence-electron chi connectivity index (χ4n) is 3.33. The molecule has 0 spiro atoms. The van der Waals surface area contributed by atoms with Crippen molar-refractivity contribution in [3.05, 3.63) is 41.0 Å². The molecule has 1 aromatic heterocycles. The van der Waals surface area contributed by atoms with Gasteiger partial charge in [-0.1, -0.05) is 29.8 Å². The standard InChI is InChI=1S/C20H28ClN3O2/c1-20(2,3)24-12-13(11-22-14-8-9-17(25)18(26)10-14)19(23-24)15-6-4-5-7-16(15)21/h4-7,12,14,17-18,22,25-26H,8-11H2,1-3H3/t14?,17-,18+/m1/s1. The lowest BCUT2D eigenvalue weighted by atomic mass is 9.90. The molecule has 3 atom stereocenters. The molecule has 26 heavy (non-hydrogen) atoms. The van der Waals surface area contributed by atoms with Crippen LogP contribution in [0.25, 0.3) is 11.3 Å². The van der Waals surface area contributed by atoms with Crippen LogP contribution in [0.2, 0.25) is 5.02 Å². The van der Waals surface area contributed by atoms with E-state index in [0.29, 0.717) is 24.4 Å². The van der Waals surface area contributed by atoms with Crippen molar-refractivity contribution in [1.82, 2.24) is 15.1 Å². The molecule has 3 N–H and O–H groups in total. The summed E-state index contributed by atoms with van der Waals surface area (Å²) in [6.45, 7) is 7.00. The molecule has 1 fully saturated rings. The second-order valence-electron chi connectivity index (χ2n) is 8.12. The minimum absolute atomic E-state index is 0.126. The predicted octanol–water partition coefficient (Wildman–Crippen LogP) is 3.32. The summed E-state index contributed by atoms with van der Waals surface area (Å²) in [5, 5.41) is 28.6. The summed E-state index contributed by atoms with van der Waals surface area (Å²) in [5.74, 6) is 0. The van der Waals surface area contributed by atoms with E-state index in [1.807, 2.05) is 28.9 Å². The summed E-state index contributed by atoms with van der Waals surface area (Å²) in [5.41, 5.74) is 2.76. The van der Waals surface area contributed by atoms with Crippen molar-refractivity contribution in [2.45, 2.75) is 70.4 Å². The number of rotatable bonds is 4. The van der Waals surface area contributed by atoms with Gasteiger partial charge in [0.25, 0.3) is 0 Å². The van der Waals surface area contributed by atoms with Crippen LogP contribution in [0.5, 0.6) is 0 Å². The molecule has 0 bridgehead atoms. The highest BCUT2D eigenvalue weighted by Gasteiger charge is 2.28. The Balaban J connectivity index is 1.84. The van der Waals surface area contributed by atoms with Crippen LogP contribution < -0.4 is 5.32 Å². The van der Waals surface area contributed by atoms with Crippen LogP contribution in [0.4, 0.5) is 0 Å². The third-order valence-electron chi connectivity index (χ3n) is 4.97. The summed E-state index contributed by atoms with van der Waals surface area (Å²) in [7, 11) is 0. The summed E-state index contributed by atoms with van der Waals surface area (Å²) < 4.78 is 1.97. The third-order valence-corrected chi connectivity index (χ3v) is 5.30. The van der Waals surface area contributed by atoms with Crippen LogP contribution in [-0.2, 0) is 12.1 Å². The number of aliphatic hydroxyl groups is 2. The molecule has 1 saturated carbocycles. The molecule has 0 radical (unpaired) electrons. The summed E-state index contributed by atoms with van der Waals surface area (Å²) in [4.78, 5) is 0. The molecule has 6 heteroatoms. The summed E-state index contributed by atoms with van der Waals surface area (Å²) in [6, 6.07) is 7.93. The maximum Gasteiger partial charge on any atom is 0.0983 e. The average Bonchev–Trinajstić information content (AvgIpc) is 3.01. The topological polar surface area (TPSA) is 70.3 Å². The largest absolute Gasteiger partial charge is 0.390 e. The lowest BCUT2D eigenvalue weighted by molar-refractivity contribution is -0.0183. The maximum atomic E-state index is 9.90. The molecule has 0 saturated heterocycles. The minimum atomic E-state index is -0.651. The van der Waals surface area contributed by atoms with E-state index in [2.05, 4.69) is 32.3 Å². The molecule has 1 heterocycles. The number of nitrogens with zero attached hydrogens (tertiary/aromatic N) is 2. The first kappa shape index (κ1) is 19.4. The SMILES string of the molecule is CC(C)(C)n1cc(CNC2CC[C@@H](O)[C@@H](O)C2)c(-c2ccccc2Cl)n1. The molecule has 0 amide bonds. The predicted molar refractivity (Wildman–Crippen MR) is 104 cm³/mol. The van der Waals surface area contributed by atoms with Gasteiger partial charge in [-0.05, 0) is 46.1 Å². The number of aromatic nitrogens is 2. The maximum absolute atomic E-state index is 9.90. The van der Waals surface area contributed by atoms with Crippen LogP contribution >= 0.6 is 11.6 Å². The van der Waals surface area contributed by atoms with Gasteiger partial charge in [0.15, 0.2) is 0 Å². The Morgan fingerprint density at radius 1 is 1.19 bits per heavy atom. The lowest BCUT2D eigenvalue weighted by Crippen LogP contribution is -2.42. The molecule has 1 aromatic carbocycles. The zero-order chi connectivity index (χ0) is 18.9. The first-order valence-corrected chi connectivity index (χ1v) is 9.57. The van der Waals surface area contributed by atoms with Gasteiger partial charge in [-0.2, -0.15) is 5.10 Å². The van der Waals surface area contributed by atoms with E-state index in [1.54, 1.807) is 0 Å². The average molecular weight is 378 g/mol. The van der Waals surface area contributed by atoms with Gasteiger partial charge >= 0.3 is 0 Å². The highest BCUT2D eigenvalue weighted by molar-refractivity contribution is 6.33. The quantitative estimate of drug-likeness (QED) is 0.764. The molecule has 1 aliphatic rings. The Labute approximate surface area is 160 Å². The molecule has 1 unspecified atom stereocenters. The van der Waals surface area contributed by atoms with E-state index in [4.69, 9.17) is 16.7 Å². The van der Waals surface area contributed by atoms with Crippen molar-refractivity contribution < 1.29 is 10.2 Å². The third kappa shape index (κ3) is 4.29. The van der Waals surface area contributed by atoms with Gasteiger partial charge in [-0.25, -0.2) is 0 Å². The number of benzene rings is 1. The first-order chi connectivity index (χ1) is 12.3. The summed E-state index contributed by atoms with van der Waals surface area (Å²) in [6.07, 6.45) is 2.86. The highest BCUT2D eigenvalue weighted by Crippen LogP contribution is 2.31. The smallest absolute Gasteiger partial charge is 0.0983 e. The Morgan fingerprint density at radius 3 is 2.58 bits per heavy atom. The van der Waals surface area contributed by atoms with E-state index in [9.17, 15) is 10.2 Å². The highest BCUT2D eigenvalue weighted by atomic mass is 35.5. The Kier molecular flexibility index (Phi) is 5.72. The van der Waals surface area contributed by atoms with Crippen molar-refractivity contribution in [3.63, 3.8) is 0 Å². The van der Waals surface area contributed by atoms with E-state index in [-0.39, 0.29) is 11.6 Å². The molecule has 3 rings (SSSR count). The second-order valence-corrected chi connectivity index (χ2v) is 8.53. The molecule has 142 valence electrons. The minimum Gasteiger partial charge on any atom is -0.390 e. The van der Waals surface area contributed by atoms with E-state index in [1.165, 1.54) is 0 Å². The Morgan fingerprint density at radius 2 is 1.92 bits per heavy atom. The van der Waals surface area contributed by atoms with E-state index >= 15 is 0 Å². The van der Waals surface area contributed by atoms with Gasteiger partial charge in [0, 0.05) is 29.9 Å². The number of halogens is 1. The van der Waals surface area contributed by atoms with Gasteiger partial charge in [-0.3, -0.25) is 4.68 Å². The molecular weight excluding hydrogens is 350 g/mol. The summed E-state index contributed by atoms with van der Waals surface area (Å²) >= 11 is 6.41. The van der Waals surface area contributed by atoms with Gasteiger partial charge in [0.05, 0.1) is 28.5 Å². The number of nitrogens with one attached hydrogen (secondary N) is 1. The molecule has 1 aliphatic carbocycles. The second kappa shape index (κ2) is 7.69. The molecule has 2 aromatic rings. The fraction of sp³-hybridized carbons (Fsp3) is 0.550. The number of aliphatic hydroxyl groups excluding tert-OH is 2. The van der Waals surface area contributed by atoms with E-state index < -0.39 is 12.2 Å². The van der Waals surface area contributed by atoms with Crippen LogP contribution in [0, 0.1) is 0 Å². The monoisotopic (exact) mass is 377 g/mol. The van der Waals surface area contributed by atoms with E-state index in [0.717, 1.165) is 23.2 Å². The van der Waals surface area contributed by atoms with Gasteiger partial charge < -0.3 is 15.5 Å². The normalized spacial score (nSPS) is 24.0. The van der Waals surface area contributed by atoms with Crippen molar-refractivity contribution in [3.8, 4) is 11.3 Å². The lowest BCUT2D eigenvalue weighted by Gasteiger charge is -2.30. The van der Waals surface area contributed by atoms with Crippen LogP contribution in [0.1, 0.15) is 45.6 Å². The molecule has 5 nitrogen and oxygen atoms in total. The molecule has 0 aliphatic heterocycles.